The first-order valence-corrected chi connectivity index (χ1v) is 5.13. The van der Waals surface area contributed by atoms with Gasteiger partial charge in [-0.05, 0) is 26.0 Å². The minimum atomic E-state index is -0.858. The van der Waals surface area contributed by atoms with Gasteiger partial charge in [-0.1, -0.05) is 23.7 Å². The van der Waals surface area contributed by atoms with Crippen LogP contribution in [0.2, 0.25) is 5.02 Å². The predicted octanol–water partition coefficient (Wildman–Crippen LogP) is 2.64. The highest BCUT2D eigenvalue weighted by molar-refractivity contribution is 6.33. The average Bonchev–Trinajstić information content (AvgIpc) is 2.15. The lowest BCUT2D eigenvalue weighted by atomic mass is 10.2. The third-order valence-corrected chi connectivity index (χ3v) is 2.41. The molecule has 15 heavy (non-hydrogen) atoms. The SMILES string of the molecule is CC(C)N(CC(=O)O)c1ccccc1Cl. The van der Waals surface area contributed by atoms with Crippen LogP contribution in [-0.2, 0) is 4.79 Å². The van der Waals surface area contributed by atoms with Crippen molar-refractivity contribution in [3.8, 4) is 0 Å². The summed E-state index contributed by atoms with van der Waals surface area (Å²) in [7, 11) is 0. The topological polar surface area (TPSA) is 40.5 Å². The van der Waals surface area contributed by atoms with E-state index in [9.17, 15) is 4.79 Å². The highest BCUT2D eigenvalue weighted by Gasteiger charge is 2.15. The molecule has 0 saturated carbocycles. The van der Waals surface area contributed by atoms with E-state index >= 15 is 0 Å². The fourth-order valence-corrected chi connectivity index (χ4v) is 1.62. The van der Waals surface area contributed by atoms with Gasteiger partial charge >= 0.3 is 5.97 Å². The Morgan fingerprint density at radius 3 is 2.53 bits per heavy atom. The van der Waals surface area contributed by atoms with E-state index in [0.29, 0.717) is 5.02 Å². The van der Waals surface area contributed by atoms with E-state index in [-0.39, 0.29) is 12.6 Å². The minimum Gasteiger partial charge on any atom is -0.480 e. The second kappa shape index (κ2) is 5.03. The van der Waals surface area contributed by atoms with Crippen LogP contribution >= 0.6 is 11.6 Å². The lowest BCUT2D eigenvalue weighted by molar-refractivity contribution is -0.135. The van der Waals surface area contributed by atoms with Crippen LogP contribution in [0.5, 0.6) is 0 Å². The fraction of sp³-hybridized carbons (Fsp3) is 0.364. The minimum absolute atomic E-state index is 0.0403. The van der Waals surface area contributed by atoms with Crippen LogP contribution in [-0.4, -0.2) is 23.7 Å². The summed E-state index contributed by atoms with van der Waals surface area (Å²) < 4.78 is 0. The Balaban J connectivity index is 2.99. The molecule has 1 aromatic carbocycles. The lowest BCUT2D eigenvalue weighted by Gasteiger charge is -2.27. The number of para-hydroxylation sites is 1. The summed E-state index contributed by atoms with van der Waals surface area (Å²) >= 11 is 6.01. The monoisotopic (exact) mass is 227 g/mol. The van der Waals surface area contributed by atoms with Gasteiger partial charge < -0.3 is 10.0 Å². The maximum atomic E-state index is 10.7. The molecule has 1 rings (SSSR count). The number of halogens is 1. The molecule has 0 aromatic heterocycles. The molecular formula is C11H14ClNO2. The summed E-state index contributed by atoms with van der Waals surface area (Å²) in [4.78, 5) is 12.5. The third kappa shape index (κ3) is 3.13. The molecule has 0 amide bonds. The zero-order valence-electron chi connectivity index (χ0n) is 8.77. The van der Waals surface area contributed by atoms with E-state index in [0.717, 1.165) is 5.69 Å². The molecule has 0 spiro atoms. The van der Waals surface area contributed by atoms with E-state index < -0.39 is 5.97 Å². The Hall–Kier alpha value is -1.22. The number of anilines is 1. The van der Waals surface area contributed by atoms with Crippen LogP contribution in [0.15, 0.2) is 24.3 Å². The second-order valence-corrected chi connectivity index (χ2v) is 3.97. The molecule has 4 heteroatoms. The number of hydrogen-bond donors (Lipinski definition) is 1. The predicted molar refractivity (Wildman–Crippen MR) is 61.6 cm³/mol. The number of aliphatic carboxylic acids is 1. The van der Waals surface area contributed by atoms with Crippen molar-refractivity contribution in [1.82, 2.24) is 0 Å². The molecule has 0 aliphatic heterocycles. The number of carboxylic acid groups (broad SMARTS) is 1. The van der Waals surface area contributed by atoms with Gasteiger partial charge in [0.1, 0.15) is 6.54 Å². The summed E-state index contributed by atoms with van der Waals surface area (Å²) in [6.45, 7) is 3.83. The first kappa shape index (κ1) is 11.9. The third-order valence-electron chi connectivity index (χ3n) is 2.09. The number of carboxylic acids is 1. The van der Waals surface area contributed by atoms with Gasteiger partial charge in [0.05, 0.1) is 10.7 Å². The summed E-state index contributed by atoms with van der Waals surface area (Å²) in [5.74, 6) is -0.858. The van der Waals surface area contributed by atoms with Gasteiger partial charge in [0.2, 0.25) is 0 Å². The first-order chi connectivity index (χ1) is 7.02. The molecule has 3 nitrogen and oxygen atoms in total. The van der Waals surface area contributed by atoms with Crippen molar-refractivity contribution in [2.45, 2.75) is 19.9 Å². The van der Waals surface area contributed by atoms with Crippen molar-refractivity contribution < 1.29 is 9.90 Å². The maximum absolute atomic E-state index is 10.7. The van der Waals surface area contributed by atoms with Crippen LogP contribution in [0.4, 0.5) is 5.69 Å². The fourth-order valence-electron chi connectivity index (χ4n) is 1.38. The van der Waals surface area contributed by atoms with E-state index in [1.807, 2.05) is 32.0 Å². The molecule has 0 atom stereocenters. The van der Waals surface area contributed by atoms with E-state index in [2.05, 4.69) is 0 Å². The van der Waals surface area contributed by atoms with Crippen molar-refractivity contribution in [2.24, 2.45) is 0 Å². The van der Waals surface area contributed by atoms with Crippen LogP contribution in [0.1, 0.15) is 13.8 Å². The normalized spacial score (nSPS) is 10.4. The first-order valence-electron chi connectivity index (χ1n) is 4.75. The standard InChI is InChI=1S/C11H14ClNO2/c1-8(2)13(7-11(14)15)10-6-4-3-5-9(10)12/h3-6,8H,7H2,1-2H3,(H,14,15). The Bertz CT molecular complexity index is 352. The van der Waals surface area contributed by atoms with Gasteiger partial charge in [-0.3, -0.25) is 4.79 Å². The van der Waals surface area contributed by atoms with E-state index in [1.165, 1.54) is 0 Å². The Labute approximate surface area is 94.3 Å². The van der Waals surface area contributed by atoms with Crippen LogP contribution in [0.3, 0.4) is 0 Å². The van der Waals surface area contributed by atoms with E-state index in [4.69, 9.17) is 16.7 Å². The highest BCUT2D eigenvalue weighted by atomic mass is 35.5. The largest absolute Gasteiger partial charge is 0.480 e. The van der Waals surface area contributed by atoms with Crippen molar-refractivity contribution in [1.29, 1.82) is 0 Å². The summed E-state index contributed by atoms with van der Waals surface area (Å²) in [5.41, 5.74) is 0.761. The molecule has 0 unspecified atom stereocenters. The van der Waals surface area contributed by atoms with Crippen molar-refractivity contribution in [2.75, 3.05) is 11.4 Å². The van der Waals surface area contributed by atoms with Gasteiger partial charge in [-0.15, -0.1) is 0 Å². The van der Waals surface area contributed by atoms with E-state index in [1.54, 1.807) is 11.0 Å². The molecule has 0 radical (unpaired) electrons. The van der Waals surface area contributed by atoms with Gasteiger partial charge in [0.15, 0.2) is 0 Å². The number of carbonyl (C=O) groups is 1. The zero-order chi connectivity index (χ0) is 11.4. The number of nitrogens with zero attached hydrogens (tertiary/aromatic N) is 1. The molecule has 0 aliphatic carbocycles. The van der Waals surface area contributed by atoms with Gasteiger partial charge in [-0.2, -0.15) is 0 Å². The average molecular weight is 228 g/mol. The molecule has 0 bridgehead atoms. The van der Waals surface area contributed by atoms with Crippen molar-refractivity contribution >= 4 is 23.3 Å². The summed E-state index contributed by atoms with van der Waals surface area (Å²) in [5, 5.41) is 9.38. The quantitative estimate of drug-likeness (QED) is 0.860. The van der Waals surface area contributed by atoms with Gasteiger partial charge in [-0.25, -0.2) is 0 Å². The smallest absolute Gasteiger partial charge is 0.323 e. The number of rotatable bonds is 4. The highest BCUT2D eigenvalue weighted by Crippen LogP contribution is 2.26. The molecule has 1 aromatic rings. The molecule has 0 fully saturated rings. The Morgan fingerprint density at radius 2 is 2.07 bits per heavy atom. The van der Waals surface area contributed by atoms with Crippen molar-refractivity contribution in [3.63, 3.8) is 0 Å². The van der Waals surface area contributed by atoms with Crippen molar-refractivity contribution in [3.05, 3.63) is 29.3 Å². The second-order valence-electron chi connectivity index (χ2n) is 3.57. The summed E-state index contributed by atoms with van der Waals surface area (Å²) in [6.07, 6.45) is 0. The molecule has 1 N–H and O–H groups in total. The Morgan fingerprint density at radius 1 is 1.47 bits per heavy atom. The maximum Gasteiger partial charge on any atom is 0.323 e. The zero-order valence-corrected chi connectivity index (χ0v) is 9.53. The molecule has 82 valence electrons. The van der Waals surface area contributed by atoms with Gasteiger partial charge in [0.25, 0.3) is 0 Å². The molecule has 0 saturated heterocycles. The van der Waals surface area contributed by atoms with Crippen LogP contribution in [0.25, 0.3) is 0 Å². The number of benzene rings is 1. The lowest BCUT2D eigenvalue weighted by Crippen LogP contribution is -2.35. The van der Waals surface area contributed by atoms with Crippen LogP contribution in [0, 0.1) is 0 Å². The van der Waals surface area contributed by atoms with Crippen LogP contribution < -0.4 is 4.90 Å². The summed E-state index contributed by atoms with van der Waals surface area (Å²) in [6, 6.07) is 7.35. The Kier molecular flexibility index (Phi) is 3.97. The molecule has 0 aliphatic rings. The molecular weight excluding hydrogens is 214 g/mol. The molecule has 0 heterocycles. The number of hydrogen-bond acceptors (Lipinski definition) is 2. The van der Waals surface area contributed by atoms with Gasteiger partial charge in [0, 0.05) is 6.04 Å².